The third-order valence-corrected chi connectivity index (χ3v) is 5.49. The van der Waals surface area contributed by atoms with Crippen molar-refractivity contribution in [3.63, 3.8) is 0 Å². The summed E-state index contributed by atoms with van der Waals surface area (Å²) in [6.45, 7) is 3.16. The molecule has 1 fully saturated rings. The molecule has 0 unspecified atom stereocenters. The van der Waals surface area contributed by atoms with Gasteiger partial charge in [-0.1, -0.05) is 35.9 Å². The minimum Gasteiger partial charge on any atom is -0.493 e. The van der Waals surface area contributed by atoms with Gasteiger partial charge in [-0.25, -0.2) is 4.39 Å². The molecule has 3 aromatic rings. The zero-order chi connectivity index (χ0) is 20.9. The van der Waals surface area contributed by atoms with Gasteiger partial charge in [-0.2, -0.15) is 5.10 Å². The number of benzene rings is 2. The minimum atomic E-state index is -0.166. The van der Waals surface area contributed by atoms with Gasteiger partial charge >= 0.3 is 0 Å². The summed E-state index contributed by atoms with van der Waals surface area (Å²) >= 11 is 5.99. The molecule has 0 saturated carbocycles. The lowest BCUT2D eigenvalue weighted by atomic mass is 10.1. The van der Waals surface area contributed by atoms with E-state index in [0.29, 0.717) is 36.9 Å². The minimum absolute atomic E-state index is 0.126. The Hall–Kier alpha value is -2.41. The van der Waals surface area contributed by atoms with Crippen molar-refractivity contribution < 1.29 is 13.9 Å². The molecule has 5 nitrogen and oxygen atoms in total. The summed E-state index contributed by atoms with van der Waals surface area (Å²) in [6, 6.07) is 16.4. The summed E-state index contributed by atoms with van der Waals surface area (Å²) < 4.78 is 27.6. The summed E-state index contributed by atoms with van der Waals surface area (Å²) in [4.78, 5) is 2.21. The lowest BCUT2D eigenvalue weighted by Crippen LogP contribution is -2.38. The van der Waals surface area contributed by atoms with Crippen LogP contribution in [-0.4, -0.2) is 41.0 Å². The lowest BCUT2D eigenvalue weighted by Gasteiger charge is -2.32. The zero-order valence-corrected chi connectivity index (χ0v) is 17.7. The number of ether oxygens (including phenoxy) is 2. The highest BCUT2D eigenvalue weighted by Crippen LogP contribution is 2.24. The maximum absolute atomic E-state index is 14.0. The van der Waals surface area contributed by atoms with Crippen molar-refractivity contribution in [1.82, 2.24) is 14.7 Å². The van der Waals surface area contributed by atoms with Crippen LogP contribution < -0.4 is 4.74 Å². The number of halogens is 2. The first-order valence-electron chi connectivity index (χ1n) is 10.1. The molecule has 1 aliphatic heterocycles. The lowest BCUT2D eigenvalue weighted by molar-refractivity contribution is -0.0354. The van der Waals surface area contributed by atoms with Gasteiger partial charge in [0.05, 0.1) is 18.9 Å². The van der Waals surface area contributed by atoms with Crippen molar-refractivity contribution in [2.75, 3.05) is 26.3 Å². The molecule has 0 amide bonds. The quantitative estimate of drug-likeness (QED) is 0.557. The average molecular weight is 430 g/mol. The van der Waals surface area contributed by atoms with E-state index in [1.165, 1.54) is 6.07 Å². The fourth-order valence-corrected chi connectivity index (χ4v) is 3.82. The highest BCUT2D eigenvalue weighted by molar-refractivity contribution is 6.30. The summed E-state index contributed by atoms with van der Waals surface area (Å²) in [5.41, 5.74) is 2.67. The summed E-state index contributed by atoms with van der Waals surface area (Å²) in [6.07, 6.45) is 0.598. The van der Waals surface area contributed by atoms with Crippen molar-refractivity contribution in [3.05, 3.63) is 82.4 Å². The molecule has 0 bridgehead atoms. The van der Waals surface area contributed by atoms with E-state index < -0.39 is 0 Å². The van der Waals surface area contributed by atoms with Crippen LogP contribution in [0, 0.1) is 5.82 Å². The van der Waals surface area contributed by atoms with Gasteiger partial charge in [0.1, 0.15) is 17.7 Å². The fraction of sp³-hybridized carbons (Fsp3) is 0.348. The predicted octanol–water partition coefficient (Wildman–Crippen LogP) is 4.41. The second-order valence-corrected chi connectivity index (χ2v) is 7.86. The monoisotopic (exact) mass is 429 g/mol. The standard InChI is InChI=1S/C23H25ClFN3O2/c1-27-19(9-11-29-20-7-4-6-18(24)13-20)14-22(26-27)23-16-28(10-12-30-23)15-17-5-2-3-8-21(17)25/h2-8,13-14,23H,9-12,15-16H2,1H3/t23-/m1/s1. The van der Waals surface area contributed by atoms with Crippen LogP contribution in [0.15, 0.2) is 54.6 Å². The first-order valence-corrected chi connectivity index (χ1v) is 10.4. The summed E-state index contributed by atoms with van der Waals surface area (Å²) in [5.74, 6) is 0.588. The van der Waals surface area contributed by atoms with Gasteiger partial charge in [0.15, 0.2) is 0 Å². The van der Waals surface area contributed by atoms with Crippen molar-refractivity contribution in [1.29, 1.82) is 0 Å². The van der Waals surface area contributed by atoms with Crippen molar-refractivity contribution in [2.45, 2.75) is 19.1 Å². The molecule has 1 atom stereocenters. The first-order chi connectivity index (χ1) is 14.6. The molecule has 4 rings (SSSR count). The van der Waals surface area contributed by atoms with E-state index in [1.807, 2.05) is 42.1 Å². The Morgan fingerprint density at radius 2 is 2.07 bits per heavy atom. The third kappa shape index (κ3) is 5.19. The van der Waals surface area contributed by atoms with Crippen LogP contribution in [-0.2, 0) is 24.8 Å². The summed E-state index contributed by atoms with van der Waals surface area (Å²) in [5, 5.41) is 5.30. The van der Waals surface area contributed by atoms with Crippen molar-refractivity contribution in [2.24, 2.45) is 7.05 Å². The van der Waals surface area contributed by atoms with E-state index in [1.54, 1.807) is 12.1 Å². The van der Waals surface area contributed by atoms with Crippen LogP contribution >= 0.6 is 11.6 Å². The second kappa shape index (κ2) is 9.60. The van der Waals surface area contributed by atoms with Crippen LogP contribution in [0.2, 0.25) is 5.02 Å². The average Bonchev–Trinajstić information content (AvgIpc) is 3.11. The second-order valence-electron chi connectivity index (χ2n) is 7.43. The molecule has 2 heterocycles. The molecule has 158 valence electrons. The topological polar surface area (TPSA) is 39.5 Å². The van der Waals surface area contributed by atoms with Gasteiger partial charge < -0.3 is 9.47 Å². The molecular weight excluding hydrogens is 405 g/mol. The Labute approximate surface area is 181 Å². The number of aryl methyl sites for hydroxylation is 1. The van der Waals surface area contributed by atoms with E-state index in [2.05, 4.69) is 16.1 Å². The molecule has 30 heavy (non-hydrogen) atoms. The predicted molar refractivity (Wildman–Crippen MR) is 114 cm³/mol. The van der Waals surface area contributed by atoms with Crippen LogP contribution in [0.3, 0.4) is 0 Å². The van der Waals surface area contributed by atoms with E-state index in [0.717, 1.165) is 30.1 Å². The zero-order valence-electron chi connectivity index (χ0n) is 16.9. The van der Waals surface area contributed by atoms with Gasteiger partial charge in [0, 0.05) is 49.4 Å². The van der Waals surface area contributed by atoms with Gasteiger partial charge in [-0.15, -0.1) is 0 Å². The molecule has 0 N–H and O–H groups in total. The first kappa shape index (κ1) is 20.8. The highest BCUT2D eigenvalue weighted by atomic mass is 35.5. The number of hydrogen-bond donors (Lipinski definition) is 0. The number of morpholine rings is 1. The van der Waals surface area contributed by atoms with Crippen LogP contribution in [0.25, 0.3) is 0 Å². The van der Waals surface area contributed by atoms with E-state index in [-0.39, 0.29) is 11.9 Å². The smallest absolute Gasteiger partial charge is 0.127 e. The molecule has 1 aliphatic rings. The molecule has 2 aromatic carbocycles. The molecule has 7 heteroatoms. The Morgan fingerprint density at radius 3 is 2.90 bits per heavy atom. The molecular formula is C23H25ClFN3O2. The molecule has 1 aromatic heterocycles. The maximum atomic E-state index is 14.0. The maximum Gasteiger partial charge on any atom is 0.127 e. The third-order valence-electron chi connectivity index (χ3n) is 5.25. The van der Waals surface area contributed by atoms with Crippen LogP contribution in [0.4, 0.5) is 4.39 Å². The Bertz CT molecular complexity index is 994. The fourth-order valence-electron chi connectivity index (χ4n) is 3.64. The number of nitrogens with zero attached hydrogens (tertiary/aromatic N) is 3. The molecule has 1 saturated heterocycles. The Kier molecular flexibility index (Phi) is 6.67. The highest BCUT2D eigenvalue weighted by Gasteiger charge is 2.25. The van der Waals surface area contributed by atoms with E-state index >= 15 is 0 Å². The van der Waals surface area contributed by atoms with Crippen molar-refractivity contribution in [3.8, 4) is 5.75 Å². The molecule has 0 spiro atoms. The molecule has 0 aliphatic carbocycles. The summed E-state index contributed by atoms with van der Waals surface area (Å²) in [7, 11) is 1.93. The van der Waals surface area contributed by atoms with Gasteiger partial charge in [-0.3, -0.25) is 9.58 Å². The Balaban J connectivity index is 1.35. The van der Waals surface area contributed by atoms with Gasteiger partial charge in [-0.05, 0) is 30.3 Å². The van der Waals surface area contributed by atoms with E-state index in [9.17, 15) is 4.39 Å². The van der Waals surface area contributed by atoms with Crippen LogP contribution in [0.1, 0.15) is 23.1 Å². The number of hydrogen-bond acceptors (Lipinski definition) is 4. The number of rotatable bonds is 7. The Morgan fingerprint density at radius 1 is 1.20 bits per heavy atom. The van der Waals surface area contributed by atoms with Gasteiger partial charge in [0.25, 0.3) is 0 Å². The molecule has 0 radical (unpaired) electrons. The normalized spacial score (nSPS) is 17.2. The number of aromatic nitrogens is 2. The van der Waals surface area contributed by atoms with Crippen molar-refractivity contribution >= 4 is 11.6 Å². The van der Waals surface area contributed by atoms with Crippen LogP contribution in [0.5, 0.6) is 5.75 Å². The van der Waals surface area contributed by atoms with Gasteiger partial charge in [0.2, 0.25) is 0 Å². The SMILES string of the molecule is Cn1nc([C@H]2CN(Cc3ccccc3F)CCO2)cc1CCOc1cccc(Cl)c1. The largest absolute Gasteiger partial charge is 0.493 e. The van der Waals surface area contributed by atoms with E-state index in [4.69, 9.17) is 21.1 Å².